The molecule has 0 unspecified atom stereocenters. The van der Waals surface area contributed by atoms with Gasteiger partial charge < -0.3 is 10.1 Å². The highest BCUT2D eigenvalue weighted by Crippen LogP contribution is 2.33. The van der Waals surface area contributed by atoms with E-state index in [-0.39, 0.29) is 24.3 Å². The number of carbonyl (C=O) groups is 2. The van der Waals surface area contributed by atoms with E-state index in [4.69, 9.17) is 16.3 Å². The van der Waals surface area contributed by atoms with Crippen molar-refractivity contribution < 1.29 is 14.3 Å². The van der Waals surface area contributed by atoms with Crippen molar-refractivity contribution in [3.63, 3.8) is 0 Å². The summed E-state index contributed by atoms with van der Waals surface area (Å²) < 4.78 is 5.41. The molecule has 2 aromatic carbocycles. The number of halogens is 1. The minimum absolute atomic E-state index is 0.124. The molecule has 1 aromatic heterocycles. The predicted octanol–water partition coefficient (Wildman–Crippen LogP) is 5.79. The quantitative estimate of drug-likeness (QED) is 0.442. The van der Waals surface area contributed by atoms with Crippen molar-refractivity contribution in [2.24, 2.45) is 0 Å². The Labute approximate surface area is 203 Å². The summed E-state index contributed by atoms with van der Waals surface area (Å²) in [6.07, 6.45) is 4.31. The van der Waals surface area contributed by atoms with Gasteiger partial charge in [0.15, 0.2) is 0 Å². The Kier molecular flexibility index (Phi) is 7.68. The molecule has 1 saturated carbocycles. The fourth-order valence-corrected chi connectivity index (χ4v) is 5.17. The number of ether oxygens (including phenoxy) is 1. The number of hydrogen-bond donors (Lipinski definition) is 1. The molecule has 5 nitrogen and oxygen atoms in total. The van der Waals surface area contributed by atoms with Crippen molar-refractivity contribution in [2.75, 3.05) is 12.0 Å². The Hall–Kier alpha value is -2.83. The van der Waals surface area contributed by atoms with Crippen LogP contribution in [-0.2, 0) is 16.0 Å². The average molecular weight is 483 g/mol. The first-order valence-corrected chi connectivity index (χ1v) is 12.4. The summed E-state index contributed by atoms with van der Waals surface area (Å²) in [5.41, 5.74) is 1.27. The molecular weight excluding hydrogens is 456 g/mol. The zero-order valence-corrected chi connectivity index (χ0v) is 20.1. The smallest absolute Gasteiger partial charge is 0.248 e. The SMILES string of the molecule is COc1cccc([C@H](C(=O)NC2CCCC2)N(C(=O)Cc2cccs2)c2cccc(Cl)c2)c1. The summed E-state index contributed by atoms with van der Waals surface area (Å²) in [6, 6.07) is 17.5. The molecule has 172 valence electrons. The summed E-state index contributed by atoms with van der Waals surface area (Å²) in [5.74, 6) is 0.256. The van der Waals surface area contributed by atoms with Crippen molar-refractivity contribution in [1.82, 2.24) is 5.32 Å². The number of methoxy groups -OCH3 is 1. The van der Waals surface area contributed by atoms with Crippen molar-refractivity contribution in [3.8, 4) is 5.75 Å². The zero-order chi connectivity index (χ0) is 23.2. The third kappa shape index (κ3) is 5.75. The van der Waals surface area contributed by atoms with Crippen LogP contribution in [0.2, 0.25) is 5.02 Å². The minimum atomic E-state index is -0.855. The van der Waals surface area contributed by atoms with Gasteiger partial charge in [-0.2, -0.15) is 0 Å². The van der Waals surface area contributed by atoms with E-state index < -0.39 is 6.04 Å². The number of rotatable bonds is 8. The minimum Gasteiger partial charge on any atom is -0.497 e. The van der Waals surface area contributed by atoms with Crippen LogP contribution in [0.3, 0.4) is 0 Å². The molecule has 0 radical (unpaired) electrons. The molecule has 7 heteroatoms. The van der Waals surface area contributed by atoms with Crippen LogP contribution in [0.1, 0.15) is 42.2 Å². The van der Waals surface area contributed by atoms with Crippen LogP contribution in [0, 0.1) is 0 Å². The van der Waals surface area contributed by atoms with Gasteiger partial charge in [0.25, 0.3) is 0 Å². The van der Waals surface area contributed by atoms with Crippen LogP contribution in [0.5, 0.6) is 5.75 Å². The van der Waals surface area contributed by atoms with Gasteiger partial charge in [-0.05, 0) is 60.2 Å². The van der Waals surface area contributed by atoms with E-state index in [1.54, 1.807) is 30.2 Å². The molecule has 1 aliphatic rings. The number of nitrogens with zero attached hydrogens (tertiary/aromatic N) is 1. The Morgan fingerprint density at radius 1 is 1.12 bits per heavy atom. The number of amides is 2. The first-order valence-electron chi connectivity index (χ1n) is 11.1. The van der Waals surface area contributed by atoms with Gasteiger partial charge in [-0.3, -0.25) is 14.5 Å². The van der Waals surface area contributed by atoms with Gasteiger partial charge >= 0.3 is 0 Å². The van der Waals surface area contributed by atoms with Crippen LogP contribution in [0.4, 0.5) is 5.69 Å². The van der Waals surface area contributed by atoms with E-state index in [1.165, 1.54) is 11.3 Å². The summed E-state index contributed by atoms with van der Waals surface area (Å²) in [7, 11) is 1.59. The van der Waals surface area contributed by atoms with Crippen LogP contribution in [0.25, 0.3) is 0 Å². The molecule has 1 atom stereocenters. The molecule has 1 N–H and O–H groups in total. The van der Waals surface area contributed by atoms with Crippen LogP contribution >= 0.6 is 22.9 Å². The van der Waals surface area contributed by atoms with E-state index in [0.29, 0.717) is 22.0 Å². The van der Waals surface area contributed by atoms with E-state index in [0.717, 1.165) is 30.6 Å². The van der Waals surface area contributed by atoms with Gasteiger partial charge in [-0.15, -0.1) is 11.3 Å². The summed E-state index contributed by atoms with van der Waals surface area (Å²) in [6.45, 7) is 0. The van der Waals surface area contributed by atoms with E-state index in [1.807, 2.05) is 47.8 Å². The lowest BCUT2D eigenvalue weighted by Crippen LogP contribution is -2.46. The normalized spacial score (nSPS) is 14.6. The van der Waals surface area contributed by atoms with Crippen LogP contribution in [-0.4, -0.2) is 25.0 Å². The molecule has 2 amide bonds. The Morgan fingerprint density at radius 2 is 1.91 bits per heavy atom. The van der Waals surface area contributed by atoms with Gasteiger partial charge in [0.1, 0.15) is 11.8 Å². The van der Waals surface area contributed by atoms with Gasteiger partial charge in [0.2, 0.25) is 11.8 Å². The van der Waals surface area contributed by atoms with Crippen molar-refractivity contribution in [1.29, 1.82) is 0 Å². The highest BCUT2D eigenvalue weighted by molar-refractivity contribution is 7.10. The Morgan fingerprint density at radius 3 is 2.61 bits per heavy atom. The monoisotopic (exact) mass is 482 g/mol. The van der Waals surface area contributed by atoms with Gasteiger partial charge in [0.05, 0.1) is 13.5 Å². The number of benzene rings is 2. The summed E-state index contributed by atoms with van der Waals surface area (Å²) in [5, 5.41) is 5.63. The first kappa shape index (κ1) is 23.3. The molecule has 1 heterocycles. The zero-order valence-electron chi connectivity index (χ0n) is 18.5. The highest BCUT2D eigenvalue weighted by Gasteiger charge is 2.34. The fourth-order valence-electron chi connectivity index (χ4n) is 4.29. The second-order valence-corrected chi connectivity index (χ2v) is 9.64. The molecule has 3 aromatic rings. The van der Waals surface area contributed by atoms with E-state index >= 15 is 0 Å². The van der Waals surface area contributed by atoms with E-state index in [2.05, 4.69) is 5.32 Å². The number of carbonyl (C=O) groups excluding carboxylic acids is 2. The fraction of sp³-hybridized carbons (Fsp3) is 0.308. The summed E-state index contributed by atoms with van der Waals surface area (Å²) in [4.78, 5) is 30.0. The Balaban J connectivity index is 1.78. The van der Waals surface area contributed by atoms with Crippen LogP contribution < -0.4 is 15.0 Å². The largest absolute Gasteiger partial charge is 0.497 e. The number of hydrogen-bond acceptors (Lipinski definition) is 4. The lowest BCUT2D eigenvalue weighted by molar-refractivity contribution is -0.127. The van der Waals surface area contributed by atoms with Gasteiger partial charge in [-0.1, -0.05) is 48.7 Å². The average Bonchev–Trinajstić information content (AvgIpc) is 3.51. The number of anilines is 1. The second kappa shape index (κ2) is 10.9. The maximum Gasteiger partial charge on any atom is 0.248 e. The molecule has 0 spiro atoms. The predicted molar refractivity (Wildman–Crippen MR) is 133 cm³/mol. The van der Waals surface area contributed by atoms with Crippen molar-refractivity contribution in [2.45, 2.75) is 44.2 Å². The second-order valence-electron chi connectivity index (χ2n) is 8.17. The molecule has 1 aliphatic carbocycles. The topological polar surface area (TPSA) is 58.6 Å². The van der Waals surface area contributed by atoms with E-state index in [9.17, 15) is 9.59 Å². The summed E-state index contributed by atoms with van der Waals surface area (Å²) >= 11 is 7.82. The molecule has 1 fully saturated rings. The third-order valence-corrected chi connectivity index (χ3v) is 6.99. The van der Waals surface area contributed by atoms with Crippen molar-refractivity contribution >= 4 is 40.4 Å². The molecule has 33 heavy (non-hydrogen) atoms. The molecule has 0 aliphatic heterocycles. The van der Waals surface area contributed by atoms with Gasteiger partial charge in [0, 0.05) is 21.6 Å². The Bertz CT molecular complexity index is 1100. The van der Waals surface area contributed by atoms with Crippen molar-refractivity contribution in [3.05, 3.63) is 81.5 Å². The molecular formula is C26H27ClN2O3S. The van der Waals surface area contributed by atoms with Gasteiger partial charge in [-0.25, -0.2) is 0 Å². The number of nitrogens with one attached hydrogen (secondary N) is 1. The molecule has 0 bridgehead atoms. The lowest BCUT2D eigenvalue weighted by atomic mass is 10.0. The standard InChI is InChI=1S/C26H27ClN2O3S/c1-32-22-12-4-7-18(15-22)25(26(31)28-20-9-2-3-10-20)29(21-11-5-8-19(27)16-21)24(30)17-23-13-6-14-33-23/h4-8,11-16,20,25H,2-3,9-10,17H2,1H3,(H,28,31)/t25-/m1/s1. The van der Waals surface area contributed by atoms with Crippen LogP contribution in [0.15, 0.2) is 66.0 Å². The lowest BCUT2D eigenvalue weighted by Gasteiger charge is -2.32. The maximum absolute atomic E-state index is 13.7. The molecule has 0 saturated heterocycles. The third-order valence-electron chi connectivity index (χ3n) is 5.88. The highest BCUT2D eigenvalue weighted by atomic mass is 35.5. The first-order chi connectivity index (χ1) is 16.0. The molecule has 4 rings (SSSR count). The number of thiophene rings is 1. The maximum atomic E-state index is 13.7.